The molecule has 0 radical (unpaired) electrons. The highest BCUT2D eigenvalue weighted by Gasteiger charge is 2.17. The van der Waals surface area contributed by atoms with Gasteiger partial charge in [0.15, 0.2) is 0 Å². The molecule has 0 aliphatic carbocycles. The summed E-state index contributed by atoms with van der Waals surface area (Å²) in [6, 6.07) is 8.82. The number of nitrogens with one attached hydrogen (secondary N) is 1. The van der Waals surface area contributed by atoms with E-state index in [9.17, 15) is 0 Å². The molecule has 0 aliphatic rings. The summed E-state index contributed by atoms with van der Waals surface area (Å²) in [6.45, 7) is 16.2. The van der Waals surface area contributed by atoms with Crippen molar-refractivity contribution in [2.75, 3.05) is 11.9 Å². The monoisotopic (exact) mass is 362 g/mol. The van der Waals surface area contributed by atoms with Crippen LogP contribution in [0, 0.1) is 6.92 Å². The second-order valence-corrected chi connectivity index (χ2v) is 7.51. The van der Waals surface area contributed by atoms with Gasteiger partial charge in [-0.2, -0.15) is 0 Å². The van der Waals surface area contributed by atoms with Crippen LogP contribution in [-0.2, 0) is 12.8 Å². The largest absolute Gasteiger partial charge is 0.385 e. The summed E-state index contributed by atoms with van der Waals surface area (Å²) in [6.07, 6.45) is 6.10. The number of nitrogens with zero attached hydrogens (tertiary/aromatic N) is 1. The maximum Gasteiger partial charge on any atom is 0.0479 e. The van der Waals surface area contributed by atoms with Crippen LogP contribution in [0.2, 0.25) is 0 Å². The van der Waals surface area contributed by atoms with Crippen LogP contribution >= 0.6 is 0 Å². The van der Waals surface area contributed by atoms with Crippen molar-refractivity contribution in [3.8, 4) is 0 Å². The molecular weight excluding hydrogens is 328 g/mol. The van der Waals surface area contributed by atoms with Crippen molar-refractivity contribution in [2.24, 2.45) is 0 Å². The number of hydrogen-bond donors (Lipinski definition) is 1. The summed E-state index contributed by atoms with van der Waals surface area (Å²) in [5.74, 6) is 0. The van der Waals surface area contributed by atoms with Crippen molar-refractivity contribution < 1.29 is 0 Å². The van der Waals surface area contributed by atoms with Gasteiger partial charge >= 0.3 is 0 Å². The van der Waals surface area contributed by atoms with E-state index in [4.69, 9.17) is 0 Å². The van der Waals surface area contributed by atoms with Crippen LogP contribution in [0.1, 0.15) is 69.5 Å². The molecule has 0 spiro atoms. The zero-order valence-electron chi connectivity index (χ0n) is 18.0. The average molecular weight is 363 g/mol. The molecule has 2 nitrogen and oxygen atoms in total. The fourth-order valence-corrected chi connectivity index (χ4v) is 3.53. The zero-order chi connectivity index (χ0) is 20.0. The number of hydrogen-bond acceptors (Lipinski definition) is 2. The second-order valence-electron chi connectivity index (χ2n) is 7.51. The molecule has 144 valence electrons. The van der Waals surface area contributed by atoms with Crippen LogP contribution in [0.15, 0.2) is 47.7 Å². The first kappa shape index (κ1) is 21.0. The highest BCUT2D eigenvalue weighted by atomic mass is 14.9. The Labute approximate surface area is 165 Å². The molecule has 2 rings (SSSR count). The molecule has 1 heterocycles. The number of rotatable bonds is 7. The van der Waals surface area contributed by atoms with E-state index < -0.39 is 0 Å². The first-order valence-corrected chi connectivity index (χ1v) is 10.0. The van der Waals surface area contributed by atoms with Gasteiger partial charge in [0, 0.05) is 35.2 Å². The lowest BCUT2D eigenvalue weighted by Crippen LogP contribution is -2.07. The highest BCUT2D eigenvalue weighted by molar-refractivity contribution is 5.89. The molecule has 0 bridgehead atoms. The Bertz CT molecular complexity index is 849. The highest BCUT2D eigenvalue weighted by Crippen LogP contribution is 2.36. The molecule has 1 aromatic carbocycles. The van der Waals surface area contributed by atoms with Gasteiger partial charge < -0.3 is 5.32 Å². The number of aromatic nitrogens is 1. The molecule has 2 heteroatoms. The lowest BCUT2D eigenvalue weighted by molar-refractivity contribution is 1.02. The average Bonchev–Trinajstić information content (AvgIpc) is 2.64. The minimum Gasteiger partial charge on any atom is -0.385 e. The number of pyridine rings is 1. The fourth-order valence-electron chi connectivity index (χ4n) is 3.53. The van der Waals surface area contributed by atoms with Gasteiger partial charge in [0.25, 0.3) is 0 Å². The zero-order valence-corrected chi connectivity index (χ0v) is 18.0. The SMILES string of the molecule is CCNc1c(C(=C(C)C)c2cccnc2CC)ccc(CC=C(C)C)c1C. The standard InChI is InChI=1S/C25H34N2/c1-8-23-21(11-10-16-27-23)24(18(5)6)22-15-14-20(13-12-17(3)4)19(7)25(22)26-9-2/h10-12,14-16,26H,8-9,13H2,1-7H3. The lowest BCUT2D eigenvalue weighted by atomic mass is 9.88. The third-order valence-corrected chi connectivity index (χ3v) is 4.92. The van der Waals surface area contributed by atoms with Crippen molar-refractivity contribution >= 4 is 11.3 Å². The van der Waals surface area contributed by atoms with Gasteiger partial charge in [0.1, 0.15) is 0 Å². The Morgan fingerprint density at radius 2 is 1.78 bits per heavy atom. The quantitative estimate of drug-likeness (QED) is 0.552. The van der Waals surface area contributed by atoms with Gasteiger partial charge in [0.2, 0.25) is 0 Å². The Kier molecular flexibility index (Phi) is 7.41. The Morgan fingerprint density at radius 1 is 1.04 bits per heavy atom. The Balaban J connectivity index is 2.69. The smallest absolute Gasteiger partial charge is 0.0479 e. The molecule has 0 aliphatic heterocycles. The maximum absolute atomic E-state index is 4.63. The predicted molar refractivity (Wildman–Crippen MR) is 119 cm³/mol. The number of aryl methyl sites for hydroxylation is 1. The van der Waals surface area contributed by atoms with Crippen LogP contribution in [0.4, 0.5) is 5.69 Å². The molecule has 0 saturated carbocycles. The summed E-state index contributed by atoms with van der Waals surface area (Å²) in [5, 5.41) is 3.64. The van der Waals surface area contributed by atoms with Crippen LogP contribution in [0.25, 0.3) is 5.57 Å². The van der Waals surface area contributed by atoms with E-state index in [-0.39, 0.29) is 0 Å². The maximum atomic E-state index is 4.63. The van der Waals surface area contributed by atoms with Crippen LogP contribution in [-0.4, -0.2) is 11.5 Å². The van der Waals surface area contributed by atoms with Crippen molar-refractivity contribution in [1.29, 1.82) is 0 Å². The molecule has 2 aromatic rings. The molecule has 0 amide bonds. The van der Waals surface area contributed by atoms with Crippen LogP contribution in [0.5, 0.6) is 0 Å². The van der Waals surface area contributed by atoms with E-state index in [1.54, 1.807) is 0 Å². The summed E-state index contributed by atoms with van der Waals surface area (Å²) < 4.78 is 0. The van der Waals surface area contributed by atoms with E-state index in [1.165, 1.54) is 44.7 Å². The molecule has 27 heavy (non-hydrogen) atoms. The van der Waals surface area contributed by atoms with Gasteiger partial charge in [-0.1, -0.05) is 42.3 Å². The fraction of sp³-hybridized carbons (Fsp3) is 0.400. The van der Waals surface area contributed by atoms with Crippen LogP contribution in [0.3, 0.4) is 0 Å². The molecule has 1 aromatic heterocycles. The van der Waals surface area contributed by atoms with Gasteiger partial charge in [-0.3, -0.25) is 4.98 Å². The summed E-state index contributed by atoms with van der Waals surface area (Å²) in [5.41, 5.74) is 11.6. The third-order valence-electron chi connectivity index (χ3n) is 4.92. The summed E-state index contributed by atoms with van der Waals surface area (Å²) >= 11 is 0. The molecule has 1 N–H and O–H groups in total. The minimum atomic E-state index is 0.906. The van der Waals surface area contributed by atoms with E-state index >= 15 is 0 Å². The first-order chi connectivity index (χ1) is 12.9. The predicted octanol–water partition coefficient (Wildman–Crippen LogP) is 6.73. The van der Waals surface area contributed by atoms with Gasteiger partial charge in [-0.25, -0.2) is 0 Å². The van der Waals surface area contributed by atoms with Crippen molar-refractivity contribution in [2.45, 2.75) is 61.3 Å². The molecule has 0 fully saturated rings. The van der Waals surface area contributed by atoms with Gasteiger partial charge in [-0.05, 0) is 77.2 Å². The van der Waals surface area contributed by atoms with Crippen molar-refractivity contribution in [1.82, 2.24) is 4.98 Å². The van der Waals surface area contributed by atoms with Gasteiger partial charge in [-0.15, -0.1) is 0 Å². The second kappa shape index (κ2) is 9.55. The molecule has 0 saturated heterocycles. The third kappa shape index (κ3) is 4.88. The number of anilines is 1. The summed E-state index contributed by atoms with van der Waals surface area (Å²) in [7, 11) is 0. The van der Waals surface area contributed by atoms with E-state index in [2.05, 4.69) is 83.0 Å². The minimum absolute atomic E-state index is 0.906. The number of benzene rings is 1. The van der Waals surface area contributed by atoms with Crippen molar-refractivity contribution in [3.63, 3.8) is 0 Å². The van der Waals surface area contributed by atoms with Crippen molar-refractivity contribution in [3.05, 3.63) is 75.6 Å². The lowest BCUT2D eigenvalue weighted by Gasteiger charge is -2.21. The summed E-state index contributed by atoms with van der Waals surface area (Å²) in [4.78, 5) is 4.63. The normalized spacial score (nSPS) is 10.5. The molecule has 0 atom stereocenters. The molecular formula is C25H34N2. The van der Waals surface area contributed by atoms with E-state index in [0.29, 0.717) is 0 Å². The Hall–Kier alpha value is -2.35. The van der Waals surface area contributed by atoms with Gasteiger partial charge in [0.05, 0.1) is 0 Å². The van der Waals surface area contributed by atoms with E-state index in [0.717, 1.165) is 25.1 Å². The first-order valence-electron chi connectivity index (χ1n) is 10.0. The van der Waals surface area contributed by atoms with E-state index in [1.807, 2.05) is 12.3 Å². The van der Waals surface area contributed by atoms with Crippen LogP contribution < -0.4 is 5.32 Å². The molecule has 0 unspecified atom stereocenters. The Morgan fingerprint density at radius 3 is 2.37 bits per heavy atom. The topological polar surface area (TPSA) is 24.9 Å². The number of allylic oxidation sites excluding steroid dienone is 3.